The predicted molar refractivity (Wildman–Crippen MR) is 61.3 cm³/mol. The van der Waals surface area contributed by atoms with Crippen molar-refractivity contribution in [1.82, 2.24) is 5.32 Å². The molecule has 0 aliphatic heterocycles. The maximum absolute atomic E-state index is 9.50. The van der Waals surface area contributed by atoms with Gasteiger partial charge < -0.3 is 15.2 Å². The normalized spacial score (nSPS) is 10.7. The first kappa shape index (κ1) is 11.9. The standard InChI is InChI=1S/C12H19NO2/c1-4-15-12-7-10(5-6-11(12)14)8-13-9(2)3/h5-7,9,13-14H,4,8H2,1-3H3. The van der Waals surface area contributed by atoms with Crippen LogP contribution in [0.25, 0.3) is 0 Å². The smallest absolute Gasteiger partial charge is 0.161 e. The van der Waals surface area contributed by atoms with Gasteiger partial charge in [0, 0.05) is 12.6 Å². The first-order valence-electron chi connectivity index (χ1n) is 5.31. The lowest BCUT2D eigenvalue weighted by Crippen LogP contribution is -2.21. The number of phenols is 1. The van der Waals surface area contributed by atoms with Gasteiger partial charge in [-0.2, -0.15) is 0 Å². The molecule has 0 saturated heterocycles. The molecule has 0 bridgehead atoms. The molecule has 0 saturated carbocycles. The van der Waals surface area contributed by atoms with Gasteiger partial charge in [-0.15, -0.1) is 0 Å². The van der Waals surface area contributed by atoms with Gasteiger partial charge in [-0.3, -0.25) is 0 Å². The summed E-state index contributed by atoms with van der Waals surface area (Å²) in [6.45, 7) is 7.46. The van der Waals surface area contributed by atoms with Crippen LogP contribution in [0, 0.1) is 0 Å². The Hall–Kier alpha value is -1.22. The van der Waals surface area contributed by atoms with Crippen molar-refractivity contribution in [2.45, 2.75) is 33.4 Å². The molecule has 3 heteroatoms. The zero-order valence-electron chi connectivity index (χ0n) is 9.58. The Kier molecular flexibility index (Phi) is 4.43. The third kappa shape index (κ3) is 3.80. The average molecular weight is 209 g/mol. The van der Waals surface area contributed by atoms with E-state index in [0.717, 1.165) is 12.1 Å². The second-order valence-corrected chi connectivity index (χ2v) is 3.77. The number of hydrogen-bond donors (Lipinski definition) is 2. The fourth-order valence-electron chi connectivity index (χ4n) is 1.26. The van der Waals surface area contributed by atoms with Crippen molar-refractivity contribution >= 4 is 0 Å². The van der Waals surface area contributed by atoms with Crippen molar-refractivity contribution in [1.29, 1.82) is 0 Å². The second-order valence-electron chi connectivity index (χ2n) is 3.77. The number of ether oxygens (including phenoxy) is 1. The van der Waals surface area contributed by atoms with Gasteiger partial charge in [0.1, 0.15) is 0 Å². The molecule has 0 unspecified atom stereocenters. The van der Waals surface area contributed by atoms with E-state index in [1.54, 1.807) is 6.07 Å². The maximum atomic E-state index is 9.50. The zero-order chi connectivity index (χ0) is 11.3. The SMILES string of the molecule is CCOc1cc(CNC(C)C)ccc1O. The van der Waals surface area contributed by atoms with E-state index in [9.17, 15) is 5.11 Å². The van der Waals surface area contributed by atoms with Crippen molar-refractivity contribution in [2.24, 2.45) is 0 Å². The fraction of sp³-hybridized carbons (Fsp3) is 0.500. The quantitative estimate of drug-likeness (QED) is 0.781. The molecule has 0 atom stereocenters. The van der Waals surface area contributed by atoms with Gasteiger partial charge in [0.2, 0.25) is 0 Å². The molecule has 0 aromatic heterocycles. The van der Waals surface area contributed by atoms with E-state index in [2.05, 4.69) is 19.2 Å². The van der Waals surface area contributed by atoms with Crippen LogP contribution in [0.4, 0.5) is 0 Å². The lowest BCUT2D eigenvalue weighted by atomic mass is 10.2. The number of aromatic hydroxyl groups is 1. The summed E-state index contributed by atoms with van der Waals surface area (Å²) >= 11 is 0. The molecule has 84 valence electrons. The summed E-state index contributed by atoms with van der Waals surface area (Å²) in [6.07, 6.45) is 0. The zero-order valence-corrected chi connectivity index (χ0v) is 9.58. The van der Waals surface area contributed by atoms with Crippen LogP contribution >= 0.6 is 0 Å². The summed E-state index contributed by atoms with van der Waals surface area (Å²) in [7, 11) is 0. The Morgan fingerprint density at radius 2 is 2.13 bits per heavy atom. The van der Waals surface area contributed by atoms with Crippen molar-refractivity contribution < 1.29 is 9.84 Å². The third-order valence-corrected chi connectivity index (χ3v) is 2.04. The third-order valence-electron chi connectivity index (χ3n) is 2.04. The molecule has 3 nitrogen and oxygen atoms in total. The first-order chi connectivity index (χ1) is 7.13. The predicted octanol–water partition coefficient (Wildman–Crippen LogP) is 2.29. The highest BCUT2D eigenvalue weighted by Crippen LogP contribution is 2.26. The van der Waals surface area contributed by atoms with Crippen LogP contribution < -0.4 is 10.1 Å². The number of hydrogen-bond acceptors (Lipinski definition) is 3. The minimum atomic E-state index is 0.199. The van der Waals surface area contributed by atoms with E-state index in [0.29, 0.717) is 18.4 Å². The van der Waals surface area contributed by atoms with Gasteiger partial charge in [0.25, 0.3) is 0 Å². The van der Waals surface area contributed by atoms with Gasteiger partial charge in [-0.1, -0.05) is 19.9 Å². The monoisotopic (exact) mass is 209 g/mol. The van der Waals surface area contributed by atoms with Crippen molar-refractivity contribution in [3.63, 3.8) is 0 Å². The molecular formula is C12H19NO2. The van der Waals surface area contributed by atoms with Crippen molar-refractivity contribution in [3.8, 4) is 11.5 Å². The van der Waals surface area contributed by atoms with Crippen LogP contribution in [0.3, 0.4) is 0 Å². The van der Waals surface area contributed by atoms with Gasteiger partial charge in [-0.25, -0.2) is 0 Å². The molecule has 15 heavy (non-hydrogen) atoms. The molecule has 0 radical (unpaired) electrons. The Balaban J connectivity index is 2.69. The van der Waals surface area contributed by atoms with Crippen LogP contribution in [0.15, 0.2) is 18.2 Å². The minimum absolute atomic E-state index is 0.199. The second kappa shape index (κ2) is 5.61. The molecule has 1 aromatic rings. The molecule has 0 spiro atoms. The van der Waals surface area contributed by atoms with Gasteiger partial charge >= 0.3 is 0 Å². The minimum Gasteiger partial charge on any atom is -0.504 e. The highest BCUT2D eigenvalue weighted by atomic mass is 16.5. The molecule has 0 fully saturated rings. The van der Waals surface area contributed by atoms with E-state index in [1.807, 2.05) is 19.1 Å². The van der Waals surface area contributed by atoms with Crippen LogP contribution in [0.2, 0.25) is 0 Å². The molecule has 2 N–H and O–H groups in total. The van der Waals surface area contributed by atoms with Gasteiger partial charge in [-0.05, 0) is 24.6 Å². The molecule has 1 rings (SSSR count). The number of benzene rings is 1. The Labute approximate surface area is 91.1 Å². The highest BCUT2D eigenvalue weighted by molar-refractivity contribution is 5.41. The molecule has 0 heterocycles. The van der Waals surface area contributed by atoms with E-state index in [4.69, 9.17) is 4.74 Å². The fourth-order valence-corrected chi connectivity index (χ4v) is 1.26. The molecule has 0 aliphatic carbocycles. The average Bonchev–Trinajstić information content (AvgIpc) is 2.19. The van der Waals surface area contributed by atoms with E-state index in [1.165, 1.54) is 0 Å². The summed E-state index contributed by atoms with van der Waals surface area (Å²) in [5, 5.41) is 12.8. The molecule has 0 amide bonds. The topological polar surface area (TPSA) is 41.5 Å². The largest absolute Gasteiger partial charge is 0.504 e. The summed E-state index contributed by atoms with van der Waals surface area (Å²) in [5.74, 6) is 0.755. The highest BCUT2D eigenvalue weighted by Gasteiger charge is 2.03. The van der Waals surface area contributed by atoms with Crippen LogP contribution in [-0.4, -0.2) is 17.8 Å². The van der Waals surface area contributed by atoms with E-state index >= 15 is 0 Å². The van der Waals surface area contributed by atoms with Crippen LogP contribution in [-0.2, 0) is 6.54 Å². The van der Waals surface area contributed by atoms with Crippen LogP contribution in [0.5, 0.6) is 11.5 Å². The summed E-state index contributed by atoms with van der Waals surface area (Å²) < 4.78 is 5.31. The molecular weight excluding hydrogens is 190 g/mol. The van der Waals surface area contributed by atoms with E-state index < -0.39 is 0 Å². The van der Waals surface area contributed by atoms with Crippen LogP contribution in [0.1, 0.15) is 26.3 Å². The number of rotatable bonds is 5. The van der Waals surface area contributed by atoms with Gasteiger partial charge in [0.05, 0.1) is 6.61 Å². The lowest BCUT2D eigenvalue weighted by Gasteiger charge is -2.10. The lowest BCUT2D eigenvalue weighted by molar-refractivity contribution is 0.317. The van der Waals surface area contributed by atoms with Crippen molar-refractivity contribution in [2.75, 3.05) is 6.61 Å². The summed E-state index contributed by atoms with van der Waals surface area (Å²) in [6, 6.07) is 5.89. The number of nitrogens with one attached hydrogen (secondary N) is 1. The van der Waals surface area contributed by atoms with Gasteiger partial charge in [0.15, 0.2) is 11.5 Å². The molecule has 1 aromatic carbocycles. The summed E-state index contributed by atoms with van der Waals surface area (Å²) in [5.41, 5.74) is 1.12. The first-order valence-corrected chi connectivity index (χ1v) is 5.31. The Bertz CT molecular complexity index is 310. The maximum Gasteiger partial charge on any atom is 0.161 e. The Morgan fingerprint density at radius 3 is 2.73 bits per heavy atom. The molecule has 0 aliphatic rings. The van der Waals surface area contributed by atoms with E-state index in [-0.39, 0.29) is 5.75 Å². The number of phenolic OH excluding ortho intramolecular Hbond substituents is 1. The van der Waals surface area contributed by atoms with Crippen molar-refractivity contribution in [3.05, 3.63) is 23.8 Å². The summed E-state index contributed by atoms with van der Waals surface area (Å²) in [4.78, 5) is 0. The Morgan fingerprint density at radius 1 is 1.40 bits per heavy atom.